The van der Waals surface area contributed by atoms with Crippen molar-refractivity contribution in [2.75, 3.05) is 0 Å². The fourth-order valence-corrected chi connectivity index (χ4v) is 4.08. The molecule has 2 aromatic carbocycles. The van der Waals surface area contributed by atoms with E-state index in [2.05, 4.69) is 0 Å². The Hall–Kier alpha value is -3.81. The average Bonchev–Trinajstić information content (AvgIpc) is 3.27. The van der Waals surface area contributed by atoms with Crippen LogP contribution in [0.5, 0.6) is 5.75 Å². The number of carbonyl (C=O) groups is 1. The van der Waals surface area contributed by atoms with Crippen molar-refractivity contribution in [3.8, 4) is 5.75 Å². The minimum absolute atomic E-state index is 0.0430. The Balaban J connectivity index is 1.84. The van der Waals surface area contributed by atoms with Crippen LogP contribution in [-0.4, -0.2) is 11.1 Å². The summed E-state index contributed by atoms with van der Waals surface area (Å²) in [7, 11) is 0. The molecule has 3 aromatic rings. The number of aromatic carboxylic acids is 1. The zero-order valence-electron chi connectivity index (χ0n) is 17.4. The second-order valence-electron chi connectivity index (χ2n) is 7.74. The van der Waals surface area contributed by atoms with Gasteiger partial charge in [-0.3, -0.25) is 0 Å². The van der Waals surface area contributed by atoms with Crippen LogP contribution in [0.25, 0.3) is 11.1 Å². The van der Waals surface area contributed by atoms with Crippen molar-refractivity contribution in [3.05, 3.63) is 100 Å². The number of ether oxygens (including phenoxy) is 1. The molecule has 5 nitrogen and oxygen atoms in total. The van der Waals surface area contributed by atoms with Gasteiger partial charge in [0.25, 0.3) is 0 Å². The third-order valence-electron chi connectivity index (χ3n) is 5.53. The van der Waals surface area contributed by atoms with Crippen molar-refractivity contribution in [2.24, 2.45) is 0 Å². The Morgan fingerprint density at radius 2 is 1.76 bits per heavy atom. The first kappa shape index (κ1) is 22.4. The van der Waals surface area contributed by atoms with E-state index in [1.165, 1.54) is 18.3 Å². The van der Waals surface area contributed by atoms with Gasteiger partial charge in [0.05, 0.1) is 5.56 Å². The number of hydrogen-bond acceptors (Lipinski definition) is 3. The lowest BCUT2D eigenvalue weighted by atomic mass is 9.95. The summed E-state index contributed by atoms with van der Waals surface area (Å²) >= 11 is 0. The molecule has 8 heteroatoms. The summed E-state index contributed by atoms with van der Waals surface area (Å²) in [5.41, 5.74) is 1.59. The normalized spacial score (nSPS) is 13.9. The first-order valence-corrected chi connectivity index (χ1v) is 10.3. The number of hydrogen-bond donors (Lipinski definition) is 1. The van der Waals surface area contributed by atoms with Gasteiger partial charge in [-0.15, -0.1) is 0 Å². The molecule has 0 amide bonds. The highest BCUT2D eigenvalue weighted by Crippen LogP contribution is 2.46. The summed E-state index contributed by atoms with van der Waals surface area (Å²) in [5, 5.41) is 21.3. The van der Waals surface area contributed by atoms with Crippen molar-refractivity contribution in [2.45, 2.75) is 32.0 Å². The van der Waals surface area contributed by atoms with Crippen molar-refractivity contribution in [1.29, 1.82) is 0 Å². The van der Waals surface area contributed by atoms with Crippen LogP contribution in [-0.2, 0) is 12.8 Å². The van der Waals surface area contributed by atoms with Gasteiger partial charge in [0.2, 0.25) is 0 Å². The van der Waals surface area contributed by atoms with E-state index in [1.54, 1.807) is 30.3 Å². The summed E-state index contributed by atoms with van der Waals surface area (Å²) in [6, 6.07) is 14.1. The number of carboxylic acids is 1. The van der Waals surface area contributed by atoms with Gasteiger partial charge in [0, 0.05) is 11.1 Å². The predicted octanol–water partition coefficient (Wildman–Crippen LogP) is 5.71. The molecule has 1 aromatic heterocycles. The lowest BCUT2D eigenvalue weighted by Gasteiger charge is -2.19. The number of nitrogens with zero attached hydrogens (tertiary/aromatic N) is 1. The number of carboxylic acid groups (broad SMARTS) is 1. The van der Waals surface area contributed by atoms with E-state index >= 15 is 0 Å². The molecule has 1 heterocycles. The van der Waals surface area contributed by atoms with Crippen LogP contribution < -0.4 is 9.47 Å². The van der Waals surface area contributed by atoms with Gasteiger partial charge < -0.3 is 15.1 Å². The third kappa shape index (κ3) is 4.84. The zero-order chi connectivity index (χ0) is 23.6. The number of allylic oxidation sites excluding steroid dienone is 2. The minimum atomic E-state index is -4.62. The maximum absolute atomic E-state index is 13.8. The molecule has 170 valence electrons. The molecule has 0 saturated heterocycles. The van der Waals surface area contributed by atoms with Crippen molar-refractivity contribution in [1.82, 2.24) is 0 Å². The molecule has 0 saturated carbocycles. The number of halogens is 3. The Morgan fingerprint density at radius 1 is 1.03 bits per heavy atom. The summed E-state index contributed by atoms with van der Waals surface area (Å²) < 4.78 is 47.7. The highest BCUT2D eigenvalue weighted by Gasteiger charge is 2.36. The van der Waals surface area contributed by atoms with E-state index in [9.17, 15) is 28.3 Å². The van der Waals surface area contributed by atoms with E-state index in [0.29, 0.717) is 46.3 Å². The number of rotatable bonds is 6. The molecule has 0 radical (unpaired) electrons. The third-order valence-corrected chi connectivity index (χ3v) is 5.53. The molecule has 0 bridgehead atoms. The molecule has 0 unspecified atom stereocenters. The first-order valence-electron chi connectivity index (χ1n) is 10.3. The molecule has 33 heavy (non-hydrogen) atoms. The van der Waals surface area contributed by atoms with E-state index in [4.69, 9.17) is 4.74 Å². The maximum Gasteiger partial charge on any atom is 0.419 e. The van der Waals surface area contributed by atoms with Gasteiger partial charge in [0.1, 0.15) is 17.9 Å². The van der Waals surface area contributed by atoms with E-state index in [0.717, 1.165) is 17.8 Å². The van der Waals surface area contributed by atoms with Crippen LogP contribution in [0, 0.1) is 5.21 Å². The standard InChI is InChI=1S/C25H20F3NO4/c26-25(27,28)22-11-5-10-21(23(22)33-15-16-6-2-1-3-7-16)20-9-4-8-19(20)17-12-18(24(30)31)14-29(32)13-17/h1-3,5-7,10-14H,4,8-9,15H2,(H,30,31). The smallest absolute Gasteiger partial charge is 0.419 e. The van der Waals surface area contributed by atoms with E-state index < -0.39 is 17.7 Å². The van der Waals surface area contributed by atoms with Crippen LogP contribution >= 0.6 is 0 Å². The number of alkyl halides is 3. The predicted molar refractivity (Wildman–Crippen MR) is 115 cm³/mol. The molecule has 0 fully saturated rings. The van der Waals surface area contributed by atoms with Gasteiger partial charge >= 0.3 is 12.1 Å². The Morgan fingerprint density at radius 3 is 2.45 bits per heavy atom. The highest BCUT2D eigenvalue weighted by atomic mass is 19.4. The number of para-hydroxylation sites is 1. The number of benzene rings is 2. The summed E-state index contributed by atoms with van der Waals surface area (Å²) in [6.45, 7) is -0.0430. The minimum Gasteiger partial charge on any atom is -0.619 e. The molecule has 1 N–H and O–H groups in total. The van der Waals surface area contributed by atoms with Gasteiger partial charge in [-0.2, -0.15) is 17.9 Å². The maximum atomic E-state index is 13.8. The average molecular weight is 455 g/mol. The fourth-order valence-electron chi connectivity index (χ4n) is 4.08. The van der Waals surface area contributed by atoms with Crippen LogP contribution in [0.2, 0.25) is 0 Å². The Kier molecular flexibility index (Phi) is 6.09. The lowest BCUT2D eigenvalue weighted by molar-refractivity contribution is -0.605. The van der Waals surface area contributed by atoms with Crippen molar-refractivity contribution < 1.29 is 32.5 Å². The van der Waals surface area contributed by atoms with Crippen molar-refractivity contribution >= 4 is 17.1 Å². The second-order valence-corrected chi connectivity index (χ2v) is 7.74. The monoisotopic (exact) mass is 455 g/mol. The van der Waals surface area contributed by atoms with Gasteiger partial charge in [-0.05, 0) is 48.1 Å². The molecule has 0 spiro atoms. The molecular weight excluding hydrogens is 435 g/mol. The van der Waals surface area contributed by atoms with Crippen LogP contribution in [0.15, 0.2) is 67.0 Å². The van der Waals surface area contributed by atoms with Gasteiger partial charge in [-0.1, -0.05) is 42.5 Å². The first-order chi connectivity index (χ1) is 15.7. The van der Waals surface area contributed by atoms with Crippen LogP contribution in [0.4, 0.5) is 13.2 Å². The number of aromatic nitrogens is 1. The van der Waals surface area contributed by atoms with Crippen molar-refractivity contribution in [3.63, 3.8) is 0 Å². The molecule has 4 rings (SSSR count). The van der Waals surface area contributed by atoms with E-state index in [1.807, 2.05) is 6.07 Å². The molecule has 1 aliphatic rings. The lowest BCUT2D eigenvalue weighted by Crippen LogP contribution is -2.27. The van der Waals surface area contributed by atoms with Crippen LogP contribution in [0.3, 0.4) is 0 Å². The summed E-state index contributed by atoms with van der Waals surface area (Å²) in [6.07, 6.45) is -0.788. The topological polar surface area (TPSA) is 73.5 Å². The Bertz CT molecular complexity index is 1220. The molecule has 1 aliphatic carbocycles. The Labute approximate surface area is 188 Å². The van der Waals surface area contributed by atoms with Gasteiger partial charge in [0.15, 0.2) is 12.4 Å². The number of pyridine rings is 1. The van der Waals surface area contributed by atoms with Gasteiger partial charge in [-0.25, -0.2) is 4.79 Å². The SMILES string of the molecule is O=C(O)c1cc(C2=C(c3cccc(C(F)(F)F)c3OCc3ccccc3)CCC2)c[n+]([O-])c1. The fraction of sp³-hybridized carbons (Fsp3) is 0.200. The summed E-state index contributed by atoms with van der Waals surface area (Å²) in [5.74, 6) is -1.53. The summed E-state index contributed by atoms with van der Waals surface area (Å²) in [4.78, 5) is 11.4. The zero-order valence-corrected chi connectivity index (χ0v) is 17.4. The second kappa shape index (κ2) is 8.97. The quantitative estimate of drug-likeness (QED) is 0.382. The molecular formula is C25H20F3NO4. The molecule has 0 atom stereocenters. The molecule has 0 aliphatic heterocycles. The highest BCUT2D eigenvalue weighted by molar-refractivity contribution is 5.96. The van der Waals surface area contributed by atoms with Crippen LogP contribution in [0.1, 0.15) is 51.9 Å². The van der Waals surface area contributed by atoms with E-state index in [-0.39, 0.29) is 17.9 Å². The largest absolute Gasteiger partial charge is 0.619 e.